The van der Waals surface area contributed by atoms with Crippen molar-refractivity contribution in [1.29, 1.82) is 0 Å². The largest absolute Gasteiger partial charge is 0.480 e. The molecule has 2 unspecified atom stereocenters. The number of hydrogen-bond donors (Lipinski definition) is 1. The van der Waals surface area contributed by atoms with Gasteiger partial charge < -0.3 is 9.84 Å². The summed E-state index contributed by atoms with van der Waals surface area (Å²) in [5, 5.41) is 9.49. The third-order valence-corrected chi connectivity index (χ3v) is 3.60. The lowest BCUT2D eigenvalue weighted by Crippen LogP contribution is -2.48. The highest BCUT2D eigenvalue weighted by Gasteiger charge is 2.54. The van der Waals surface area contributed by atoms with Gasteiger partial charge in [0.25, 0.3) is 0 Å². The summed E-state index contributed by atoms with van der Waals surface area (Å²) in [6.45, 7) is 7.15. The molecule has 100 valence electrons. The van der Waals surface area contributed by atoms with E-state index in [9.17, 15) is 14.7 Å². The Morgan fingerprint density at radius 1 is 1.33 bits per heavy atom. The van der Waals surface area contributed by atoms with Crippen molar-refractivity contribution in [2.45, 2.75) is 32.1 Å². The summed E-state index contributed by atoms with van der Waals surface area (Å²) in [7, 11) is 0. The molecule has 1 rings (SSSR count). The first-order valence-electron chi connectivity index (χ1n) is 6.22. The second-order valence-electron chi connectivity index (χ2n) is 4.63. The monoisotopic (exact) mass is 252 g/mol. The summed E-state index contributed by atoms with van der Waals surface area (Å²) >= 11 is 0. The average Bonchev–Trinajstić information content (AvgIpc) is 2.36. The third kappa shape index (κ3) is 2.63. The molecule has 0 spiro atoms. The highest BCUT2D eigenvalue weighted by Crippen LogP contribution is 2.44. The van der Waals surface area contributed by atoms with E-state index >= 15 is 0 Å². The molecule has 2 atom stereocenters. The number of carbonyl (C=O) groups excluding carboxylic acids is 1. The standard InChI is InChI=1S/C14H20O4/c1-3-7-11-8-5-6-9-14(11,12(15)16)13(17)18-10-4-2/h3-4,11H,1-2,5-10H2,(H,15,16). The van der Waals surface area contributed by atoms with Gasteiger partial charge in [-0.05, 0) is 25.2 Å². The van der Waals surface area contributed by atoms with Crippen molar-refractivity contribution in [3.63, 3.8) is 0 Å². The number of carboxylic acid groups (broad SMARTS) is 1. The topological polar surface area (TPSA) is 63.6 Å². The number of ether oxygens (including phenoxy) is 1. The van der Waals surface area contributed by atoms with Gasteiger partial charge in [0.2, 0.25) is 0 Å². The average molecular weight is 252 g/mol. The zero-order valence-electron chi connectivity index (χ0n) is 10.6. The van der Waals surface area contributed by atoms with Gasteiger partial charge in [0.1, 0.15) is 6.61 Å². The van der Waals surface area contributed by atoms with E-state index in [4.69, 9.17) is 4.74 Å². The minimum atomic E-state index is -1.41. The first kappa shape index (κ1) is 14.5. The Hall–Kier alpha value is -1.58. The van der Waals surface area contributed by atoms with Crippen LogP contribution >= 0.6 is 0 Å². The highest BCUT2D eigenvalue weighted by molar-refractivity contribution is 5.99. The Labute approximate surface area is 107 Å². The van der Waals surface area contributed by atoms with Crippen LogP contribution in [-0.4, -0.2) is 23.7 Å². The molecule has 0 saturated heterocycles. The Bertz CT molecular complexity index is 348. The van der Waals surface area contributed by atoms with Gasteiger partial charge in [-0.15, -0.1) is 6.58 Å². The van der Waals surface area contributed by atoms with Gasteiger partial charge in [-0.25, -0.2) is 0 Å². The summed E-state index contributed by atoms with van der Waals surface area (Å²) in [5.74, 6) is -1.94. The molecule has 0 aliphatic heterocycles. The number of allylic oxidation sites excluding steroid dienone is 1. The van der Waals surface area contributed by atoms with Crippen molar-refractivity contribution in [2.24, 2.45) is 11.3 Å². The summed E-state index contributed by atoms with van der Waals surface area (Å²) in [6, 6.07) is 0. The van der Waals surface area contributed by atoms with Gasteiger partial charge in [-0.1, -0.05) is 31.6 Å². The molecular weight excluding hydrogens is 232 g/mol. The molecule has 0 aromatic rings. The van der Waals surface area contributed by atoms with Crippen LogP contribution in [-0.2, 0) is 14.3 Å². The Morgan fingerprint density at radius 3 is 2.61 bits per heavy atom. The van der Waals surface area contributed by atoms with Crippen LogP contribution < -0.4 is 0 Å². The van der Waals surface area contributed by atoms with E-state index in [0.29, 0.717) is 12.8 Å². The molecule has 1 aliphatic carbocycles. The zero-order chi connectivity index (χ0) is 13.6. The zero-order valence-corrected chi connectivity index (χ0v) is 10.6. The maximum Gasteiger partial charge on any atom is 0.324 e. The molecule has 0 aromatic heterocycles. The van der Waals surface area contributed by atoms with E-state index in [1.807, 2.05) is 0 Å². The Balaban J connectivity index is 3.01. The van der Waals surface area contributed by atoms with Crippen molar-refractivity contribution in [3.8, 4) is 0 Å². The number of esters is 1. The molecule has 1 saturated carbocycles. The normalized spacial score (nSPS) is 27.2. The first-order chi connectivity index (χ1) is 8.59. The molecule has 0 radical (unpaired) electrons. The van der Waals surface area contributed by atoms with E-state index in [1.165, 1.54) is 6.08 Å². The Kier molecular flexibility index (Phi) is 5.13. The lowest BCUT2D eigenvalue weighted by atomic mass is 9.65. The lowest BCUT2D eigenvalue weighted by molar-refractivity contribution is -0.175. The van der Waals surface area contributed by atoms with Crippen LogP contribution in [0.4, 0.5) is 0 Å². The van der Waals surface area contributed by atoms with Crippen LogP contribution in [0.5, 0.6) is 0 Å². The molecule has 4 nitrogen and oxygen atoms in total. The summed E-state index contributed by atoms with van der Waals surface area (Å²) < 4.78 is 5.00. The predicted octanol–water partition coefficient (Wildman–Crippen LogP) is 2.55. The number of hydrogen-bond acceptors (Lipinski definition) is 3. The molecule has 1 fully saturated rings. The smallest absolute Gasteiger partial charge is 0.324 e. The first-order valence-corrected chi connectivity index (χ1v) is 6.22. The Morgan fingerprint density at radius 2 is 2.06 bits per heavy atom. The fourth-order valence-electron chi connectivity index (χ4n) is 2.67. The number of carboxylic acids is 1. The molecule has 1 aliphatic rings. The predicted molar refractivity (Wildman–Crippen MR) is 68.0 cm³/mol. The van der Waals surface area contributed by atoms with E-state index in [0.717, 1.165) is 19.3 Å². The molecule has 4 heteroatoms. The van der Waals surface area contributed by atoms with E-state index in [1.54, 1.807) is 6.08 Å². The van der Waals surface area contributed by atoms with Crippen LogP contribution in [0.25, 0.3) is 0 Å². The second kappa shape index (κ2) is 6.38. The van der Waals surface area contributed by atoms with Crippen molar-refractivity contribution in [3.05, 3.63) is 25.3 Å². The van der Waals surface area contributed by atoms with E-state index < -0.39 is 17.4 Å². The number of aliphatic carboxylic acids is 1. The van der Waals surface area contributed by atoms with Crippen LogP contribution in [0.15, 0.2) is 25.3 Å². The number of carbonyl (C=O) groups is 2. The van der Waals surface area contributed by atoms with Crippen LogP contribution in [0, 0.1) is 11.3 Å². The maximum atomic E-state index is 12.1. The third-order valence-electron chi connectivity index (χ3n) is 3.60. The van der Waals surface area contributed by atoms with Gasteiger partial charge in [-0.2, -0.15) is 0 Å². The number of rotatable bonds is 6. The van der Waals surface area contributed by atoms with Crippen LogP contribution in [0.1, 0.15) is 32.1 Å². The molecular formula is C14H20O4. The van der Waals surface area contributed by atoms with Crippen LogP contribution in [0.2, 0.25) is 0 Å². The van der Waals surface area contributed by atoms with Crippen molar-refractivity contribution in [2.75, 3.05) is 6.61 Å². The van der Waals surface area contributed by atoms with Gasteiger partial charge >= 0.3 is 11.9 Å². The van der Waals surface area contributed by atoms with Crippen molar-refractivity contribution >= 4 is 11.9 Å². The van der Waals surface area contributed by atoms with Gasteiger partial charge in [0, 0.05) is 0 Å². The fourth-order valence-corrected chi connectivity index (χ4v) is 2.67. The van der Waals surface area contributed by atoms with Crippen molar-refractivity contribution < 1.29 is 19.4 Å². The SMILES string of the molecule is C=CCOC(=O)C1(C(=O)O)CCCCC1CC=C. The lowest BCUT2D eigenvalue weighted by Gasteiger charge is -2.38. The molecule has 0 bridgehead atoms. The highest BCUT2D eigenvalue weighted by atomic mass is 16.5. The van der Waals surface area contributed by atoms with Gasteiger partial charge in [-0.3, -0.25) is 9.59 Å². The quantitative estimate of drug-likeness (QED) is 0.448. The molecule has 0 heterocycles. The van der Waals surface area contributed by atoms with E-state index in [2.05, 4.69) is 13.2 Å². The molecule has 0 aromatic carbocycles. The minimum absolute atomic E-state index is 0.0503. The van der Waals surface area contributed by atoms with E-state index in [-0.39, 0.29) is 12.5 Å². The molecule has 1 N–H and O–H groups in total. The van der Waals surface area contributed by atoms with Gasteiger partial charge in [0.05, 0.1) is 0 Å². The molecule has 0 amide bonds. The van der Waals surface area contributed by atoms with Crippen molar-refractivity contribution in [1.82, 2.24) is 0 Å². The summed E-state index contributed by atoms with van der Waals surface area (Å²) in [5.41, 5.74) is -1.41. The van der Waals surface area contributed by atoms with Gasteiger partial charge in [0.15, 0.2) is 5.41 Å². The van der Waals surface area contributed by atoms with Crippen LogP contribution in [0.3, 0.4) is 0 Å². The summed E-state index contributed by atoms with van der Waals surface area (Å²) in [4.78, 5) is 23.7. The fraction of sp³-hybridized carbons (Fsp3) is 0.571. The summed E-state index contributed by atoms with van der Waals surface area (Å²) in [6.07, 6.45) is 6.40. The second-order valence-corrected chi connectivity index (χ2v) is 4.63. The maximum absolute atomic E-state index is 12.1. The minimum Gasteiger partial charge on any atom is -0.480 e. The molecule has 18 heavy (non-hydrogen) atoms.